The number of fused-ring (bicyclic) bond motifs is 3. The Bertz CT molecular complexity index is 1780. The van der Waals surface area contributed by atoms with Gasteiger partial charge in [0.2, 0.25) is 0 Å². The summed E-state index contributed by atoms with van der Waals surface area (Å²) in [5.74, 6) is 2.03. The number of hydrogen-bond donors (Lipinski definition) is 0. The molecule has 0 radical (unpaired) electrons. The number of hydrogen-bond acceptors (Lipinski definition) is 0. The summed E-state index contributed by atoms with van der Waals surface area (Å²) in [6, 6.07) is 30.5. The molecule has 0 fully saturated rings. The third kappa shape index (κ3) is 6.37. The Hall–Kier alpha value is -3.02. The van der Waals surface area contributed by atoms with E-state index in [1.807, 2.05) is 0 Å². The van der Waals surface area contributed by atoms with Crippen LogP contribution in [0.4, 0.5) is 0 Å². The minimum atomic E-state index is 0.498. The van der Waals surface area contributed by atoms with Crippen LogP contribution in [-0.2, 0) is 24.2 Å². The van der Waals surface area contributed by atoms with Gasteiger partial charge in [0.15, 0.2) is 0 Å². The molecule has 0 amide bonds. The predicted octanol–water partition coefficient (Wildman–Crippen LogP) is 12.4. The summed E-state index contributed by atoms with van der Waals surface area (Å²) in [6.07, 6.45) is 7.94. The van der Waals surface area contributed by atoms with Gasteiger partial charge in [0, 0.05) is 0 Å². The molecule has 6 rings (SSSR count). The molecule has 0 atom stereocenters. The molecule has 5 aromatic rings. The Morgan fingerprint density at radius 1 is 0.614 bits per heavy atom. The fourth-order valence-corrected chi connectivity index (χ4v) is 7.87. The van der Waals surface area contributed by atoms with E-state index >= 15 is 0 Å². The molecule has 0 aliphatic heterocycles. The fraction of sp³-hybridized carbons (Fsp3) is 0.302. The fourth-order valence-electron chi connectivity index (χ4n) is 7.05. The summed E-state index contributed by atoms with van der Waals surface area (Å²) >= 11 is 1.46. The van der Waals surface area contributed by atoms with E-state index in [4.69, 9.17) is 0 Å². The second-order valence-electron chi connectivity index (χ2n) is 13.4. The van der Waals surface area contributed by atoms with Crippen LogP contribution in [-0.4, -0.2) is 3.21 Å². The van der Waals surface area contributed by atoms with Crippen molar-refractivity contribution < 1.29 is 24.2 Å². The molecule has 1 aliphatic rings. The van der Waals surface area contributed by atoms with Crippen LogP contribution in [0.1, 0.15) is 124 Å². The molecule has 0 aromatic heterocycles. The van der Waals surface area contributed by atoms with Gasteiger partial charge < -0.3 is 0 Å². The van der Waals surface area contributed by atoms with E-state index < -0.39 is 0 Å². The van der Waals surface area contributed by atoms with Gasteiger partial charge in [-0.05, 0) is 30.1 Å². The van der Waals surface area contributed by atoms with Crippen LogP contribution in [0.5, 0.6) is 0 Å². The van der Waals surface area contributed by atoms with Crippen LogP contribution in [0.25, 0.3) is 27.1 Å². The molecular weight excluding hydrogens is 608 g/mol. The second kappa shape index (κ2) is 14.0. The molecule has 0 nitrogen and oxygen atoms in total. The summed E-state index contributed by atoms with van der Waals surface area (Å²) in [7, 11) is 0. The summed E-state index contributed by atoms with van der Waals surface area (Å²) in [4.78, 5) is 0. The van der Waals surface area contributed by atoms with Gasteiger partial charge >= 0.3 is 99.2 Å². The van der Waals surface area contributed by atoms with Crippen LogP contribution < -0.4 is 0 Å². The third-order valence-corrected chi connectivity index (χ3v) is 10.3. The predicted molar refractivity (Wildman–Crippen MR) is 191 cm³/mol. The molecule has 0 unspecified atom stereocenters. The molecule has 0 heterocycles. The van der Waals surface area contributed by atoms with Gasteiger partial charge in [-0.25, -0.2) is 0 Å². The Labute approximate surface area is 280 Å². The standard InChI is InChI=1S/C30H37.C13H10.Zr/c1-17(2)23-15-11-14-22-16-24-28(21-12-9-10-13-21)26(19(5)6)25(18(3)4)27(20(7)8)30(24)29(22)23;1-3-7-12(8-4-1)11-13-9-5-2-6-10-13;/h9-12,14-20H,13H2,1-8H3;1-10H;/q-1;;. The zero-order valence-electron chi connectivity index (χ0n) is 27.8. The van der Waals surface area contributed by atoms with Crippen molar-refractivity contribution in [1.29, 1.82) is 0 Å². The maximum absolute atomic E-state index is 2.49. The van der Waals surface area contributed by atoms with E-state index in [1.54, 1.807) is 16.7 Å². The molecule has 5 aromatic carbocycles. The molecule has 1 aliphatic carbocycles. The Balaban J connectivity index is 0.000000229. The van der Waals surface area contributed by atoms with Crippen molar-refractivity contribution in [1.82, 2.24) is 0 Å². The minimum absolute atomic E-state index is 0.498. The first-order valence-electron chi connectivity index (χ1n) is 16.4. The van der Waals surface area contributed by atoms with Crippen molar-refractivity contribution >= 4 is 30.3 Å². The molecule has 1 heteroatoms. The van der Waals surface area contributed by atoms with E-state index in [1.165, 1.54) is 76.8 Å². The third-order valence-electron chi connectivity index (χ3n) is 8.91. The van der Waals surface area contributed by atoms with E-state index in [9.17, 15) is 0 Å². The topological polar surface area (TPSA) is 0 Å². The summed E-state index contributed by atoms with van der Waals surface area (Å²) in [6.45, 7) is 19.0. The average Bonchev–Trinajstić information content (AvgIpc) is 3.69. The van der Waals surface area contributed by atoms with Crippen LogP contribution >= 0.6 is 0 Å². The zero-order valence-corrected chi connectivity index (χ0v) is 30.3. The number of benzene rings is 4. The van der Waals surface area contributed by atoms with E-state index in [2.05, 4.69) is 159 Å². The van der Waals surface area contributed by atoms with Crippen molar-refractivity contribution in [2.24, 2.45) is 0 Å². The molecule has 224 valence electrons. The van der Waals surface area contributed by atoms with Gasteiger partial charge in [-0.1, -0.05) is 119 Å². The van der Waals surface area contributed by atoms with Gasteiger partial charge in [-0.2, -0.15) is 0 Å². The molecule has 0 N–H and O–H groups in total. The van der Waals surface area contributed by atoms with Gasteiger partial charge in [0.05, 0.1) is 0 Å². The van der Waals surface area contributed by atoms with Crippen molar-refractivity contribution in [2.45, 2.75) is 85.5 Å². The first-order valence-corrected chi connectivity index (χ1v) is 17.6. The van der Waals surface area contributed by atoms with Crippen molar-refractivity contribution in [3.8, 4) is 0 Å². The van der Waals surface area contributed by atoms with Gasteiger partial charge in [0.1, 0.15) is 0 Å². The number of rotatable bonds is 7. The first kappa shape index (κ1) is 32.4. The molecule has 44 heavy (non-hydrogen) atoms. The van der Waals surface area contributed by atoms with Crippen LogP contribution in [0, 0.1) is 0 Å². The monoisotopic (exact) mass is 653 g/mol. The number of allylic oxidation sites excluding steroid dienone is 4. The van der Waals surface area contributed by atoms with Gasteiger partial charge in [-0.15, -0.1) is 33.7 Å². The Morgan fingerprint density at radius 2 is 1.18 bits per heavy atom. The molecule has 0 saturated heterocycles. The van der Waals surface area contributed by atoms with E-state index in [0.717, 1.165) is 6.42 Å². The molecular formula is C43H47Zr-. The molecule has 0 bridgehead atoms. The van der Waals surface area contributed by atoms with Crippen LogP contribution in [0.3, 0.4) is 0 Å². The second-order valence-corrected chi connectivity index (χ2v) is 14.6. The quantitative estimate of drug-likeness (QED) is 0.153. The molecule has 0 spiro atoms. The van der Waals surface area contributed by atoms with E-state index in [-0.39, 0.29) is 0 Å². The van der Waals surface area contributed by atoms with Crippen LogP contribution in [0.2, 0.25) is 0 Å². The Morgan fingerprint density at radius 3 is 1.66 bits per heavy atom. The maximum atomic E-state index is 2.49. The van der Waals surface area contributed by atoms with Crippen LogP contribution in [0.15, 0.2) is 103 Å². The normalized spacial score (nSPS) is 12.9. The van der Waals surface area contributed by atoms with Gasteiger partial charge in [0.25, 0.3) is 0 Å². The van der Waals surface area contributed by atoms with E-state index in [0.29, 0.717) is 23.7 Å². The Kier molecular flexibility index (Phi) is 10.3. The molecule has 0 saturated carbocycles. The SMILES string of the molecule is CC(C)c1c(C(C)C)c(C(C)C)c2c([cH-]c3cccc(C(C)C)c32)c1C1=CC=CC1.[Zr]=[C](c1ccccc1)c1ccccc1. The summed E-state index contributed by atoms with van der Waals surface area (Å²) in [5, 5.41) is 5.91. The van der Waals surface area contributed by atoms with Crippen molar-refractivity contribution in [2.75, 3.05) is 0 Å². The van der Waals surface area contributed by atoms with Crippen molar-refractivity contribution in [3.05, 3.63) is 142 Å². The summed E-state index contributed by atoms with van der Waals surface area (Å²) < 4.78 is 1.42. The average molecular weight is 655 g/mol. The zero-order chi connectivity index (χ0) is 31.5. The first-order chi connectivity index (χ1) is 21.1. The van der Waals surface area contributed by atoms with Crippen molar-refractivity contribution in [3.63, 3.8) is 0 Å². The summed E-state index contributed by atoms with van der Waals surface area (Å²) in [5.41, 5.74) is 11.9. The van der Waals surface area contributed by atoms with Gasteiger partial charge in [-0.3, -0.25) is 0 Å².